The number of aromatic nitrogens is 2. The van der Waals surface area contributed by atoms with Crippen molar-refractivity contribution in [1.82, 2.24) is 14.9 Å². The molecule has 17 heavy (non-hydrogen) atoms. The zero-order valence-corrected chi connectivity index (χ0v) is 10.0. The molecule has 4 heteroatoms. The number of nitrogens with zero attached hydrogens (tertiary/aromatic N) is 2. The van der Waals surface area contributed by atoms with Crippen LogP contribution in [0.4, 0.5) is 4.39 Å². The summed E-state index contributed by atoms with van der Waals surface area (Å²) in [7, 11) is 1.96. The van der Waals surface area contributed by atoms with E-state index in [9.17, 15) is 4.39 Å². The summed E-state index contributed by atoms with van der Waals surface area (Å²) in [5, 5.41) is 3.32. The molecular weight excluding hydrogens is 217 g/mol. The molecule has 0 aliphatic rings. The average Bonchev–Trinajstić information content (AvgIpc) is 2.72. The van der Waals surface area contributed by atoms with E-state index >= 15 is 0 Å². The van der Waals surface area contributed by atoms with Crippen LogP contribution in [0.5, 0.6) is 0 Å². The number of aryl methyl sites for hydroxylation is 1. The number of benzene rings is 1. The van der Waals surface area contributed by atoms with Gasteiger partial charge in [-0.1, -0.05) is 12.1 Å². The molecule has 0 spiro atoms. The minimum atomic E-state index is -0.201. The van der Waals surface area contributed by atoms with Gasteiger partial charge >= 0.3 is 0 Å². The zero-order chi connectivity index (χ0) is 12.3. The van der Waals surface area contributed by atoms with Crippen LogP contribution < -0.4 is 5.32 Å². The Morgan fingerprint density at radius 2 is 2.29 bits per heavy atom. The number of hydrogen-bond donors (Lipinski definition) is 1. The Kier molecular flexibility index (Phi) is 3.54. The average molecular weight is 233 g/mol. The Bertz CT molecular complexity index is 493. The Morgan fingerprint density at radius 1 is 1.47 bits per heavy atom. The predicted molar refractivity (Wildman–Crippen MR) is 64.9 cm³/mol. The molecule has 0 saturated carbocycles. The van der Waals surface area contributed by atoms with E-state index in [4.69, 9.17) is 0 Å². The fourth-order valence-electron chi connectivity index (χ4n) is 1.70. The number of halogens is 1. The highest BCUT2D eigenvalue weighted by molar-refractivity contribution is 5.19. The van der Waals surface area contributed by atoms with Crippen molar-refractivity contribution < 1.29 is 4.39 Å². The van der Waals surface area contributed by atoms with Gasteiger partial charge in [0, 0.05) is 25.5 Å². The lowest BCUT2D eigenvalue weighted by Crippen LogP contribution is -2.20. The molecule has 1 heterocycles. The van der Waals surface area contributed by atoms with Crippen LogP contribution in [0.1, 0.15) is 24.4 Å². The molecule has 90 valence electrons. The first-order valence-corrected chi connectivity index (χ1v) is 5.62. The lowest BCUT2D eigenvalue weighted by atomic mass is 10.1. The number of hydrogen-bond acceptors (Lipinski definition) is 2. The van der Waals surface area contributed by atoms with Gasteiger partial charge in [-0.15, -0.1) is 0 Å². The second-order valence-corrected chi connectivity index (χ2v) is 4.11. The summed E-state index contributed by atoms with van der Waals surface area (Å²) < 4.78 is 15.0. The van der Waals surface area contributed by atoms with Crippen molar-refractivity contribution in [3.63, 3.8) is 0 Å². The smallest absolute Gasteiger partial charge is 0.123 e. The topological polar surface area (TPSA) is 29.9 Å². The first-order chi connectivity index (χ1) is 8.16. The van der Waals surface area contributed by atoms with E-state index in [-0.39, 0.29) is 11.9 Å². The van der Waals surface area contributed by atoms with Crippen molar-refractivity contribution >= 4 is 0 Å². The molecule has 1 atom stereocenters. The van der Waals surface area contributed by atoms with Crippen LogP contribution in [-0.4, -0.2) is 9.55 Å². The second-order valence-electron chi connectivity index (χ2n) is 4.11. The third-order valence-electron chi connectivity index (χ3n) is 2.84. The number of imidazole rings is 1. The van der Waals surface area contributed by atoms with Gasteiger partial charge in [-0.05, 0) is 24.6 Å². The summed E-state index contributed by atoms with van der Waals surface area (Å²) >= 11 is 0. The monoisotopic (exact) mass is 233 g/mol. The Morgan fingerprint density at radius 3 is 2.94 bits per heavy atom. The van der Waals surface area contributed by atoms with Crippen LogP contribution in [0.15, 0.2) is 36.7 Å². The fourth-order valence-corrected chi connectivity index (χ4v) is 1.70. The molecule has 3 nitrogen and oxygen atoms in total. The SMILES string of the molecule is C[C@H](NCc1nccn1C)c1cccc(F)c1. The van der Waals surface area contributed by atoms with Gasteiger partial charge < -0.3 is 9.88 Å². The van der Waals surface area contributed by atoms with E-state index in [2.05, 4.69) is 10.3 Å². The highest BCUT2D eigenvalue weighted by Gasteiger charge is 2.07. The lowest BCUT2D eigenvalue weighted by molar-refractivity contribution is 0.543. The molecule has 2 aromatic rings. The summed E-state index contributed by atoms with van der Waals surface area (Å²) in [5.74, 6) is 0.765. The van der Waals surface area contributed by atoms with Crippen molar-refractivity contribution in [3.05, 3.63) is 53.9 Å². The molecule has 0 bridgehead atoms. The number of nitrogens with one attached hydrogen (secondary N) is 1. The summed E-state index contributed by atoms with van der Waals surface area (Å²) in [6.45, 7) is 2.68. The van der Waals surface area contributed by atoms with Gasteiger partial charge in [0.1, 0.15) is 11.6 Å². The van der Waals surface area contributed by atoms with E-state index in [0.29, 0.717) is 6.54 Å². The van der Waals surface area contributed by atoms with Gasteiger partial charge in [0.2, 0.25) is 0 Å². The summed E-state index contributed by atoms with van der Waals surface area (Å²) in [4.78, 5) is 4.23. The molecule has 0 amide bonds. The molecular formula is C13H16FN3. The van der Waals surface area contributed by atoms with Gasteiger partial charge in [-0.2, -0.15) is 0 Å². The Balaban J connectivity index is 1.98. The van der Waals surface area contributed by atoms with Crippen LogP contribution in [0.2, 0.25) is 0 Å². The van der Waals surface area contributed by atoms with Crippen LogP contribution in [0.3, 0.4) is 0 Å². The number of rotatable bonds is 4. The van der Waals surface area contributed by atoms with Crippen LogP contribution >= 0.6 is 0 Å². The Labute approximate surface area is 100 Å². The first-order valence-electron chi connectivity index (χ1n) is 5.62. The molecule has 0 aliphatic heterocycles. The largest absolute Gasteiger partial charge is 0.337 e. The van der Waals surface area contributed by atoms with E-state index in [1.165, 1.54) is 6.07 Å². The normalized spacial score (nSPS) is 12.6. The van der Waals surface area contributed by atoms with Crippen molar-refractivity contribution in [2.24, 2.45) is 7.05 Å². The molecule has 0 saturated heterocycles. The summed E-state index contributed by atoms with van der Waals surface area (Å²) in [6.07, 6.45) is 3.67. The summed E-state index contributed by atoms with van der Waals surface area (Å²) in [5.41, 5.74) is 0.944. The quantitative estimate of drug-likeness (QED) is 0.878. The van der Waals surface area contributed by atoms with Crippen molar-refractivity contribution in [3.8, 4) is 0 Å². The van der Waals surface area contributed by atoms with Gasteiger partial charge in [0.25, 0.3) is 0 Å². The van der Waals surface area contributed by atoms with E-state index in [1.54, 1.807) is 18.3 Å². The molecule has 1 aromatic carbocycles. The lowest BCUT2D eigenvalue weighted by Gasteiger charge is -2.14. The zero-order valence-electron chi connectivity index (χ0n) is 10.0. The minimum absolute atomic E-state index is 0.0994. The van der Waals surface area contributed by atoms with Gasteiger partial charge in [-0.3, -0.25) is 0 Å². The maximum atomic E-state index is 13.1. The van der Waals surface area contributed by atoms with Crippen molar-refractivity contribution in [1.29, 1.82) is 0 Å². The molecule has 0 unspecified atom stereocenters. The first kappa shape index (κ1) is 11.8. The van der Waals surface area contributed by atoms with E-state index < -0.39 is 0 Å². The predicted octanol–water partition coefficient (Wildman–Crippen LogP) is 2.41. The van der Waals surface area contributed by atoms with Crippen molar-refractivity contribution in [2.45, 2.75) is 19.5 Å². The maximum Gasteiger partial charge on any atom is 0.123 e. The van der Waals surface area contributed by atoms with Crippen LogP contribution in [-0.2, 0) is 13.6 Å². The van der Waals surface area contributed by atoms with E-state index in [0.717, 1.165) is 11.4 Å². The highest BCUT2D eigenvalue weighted by atomic mass is 19.1. The Hall–Kier alpha value is -1.68. The maximum absolute atomic E-state index is 13.1. The fraction of sp³-hybridized carbons (Fsp3) is 0.308. The molecule has 1 N–H and O–H groups in total. The molecule has 2 rings (SSSR count). The standard InChI is InChI=1S/C13H16FN3/c1-10(11-4-3-5-12(14)8-11)16-9-13-15-6-7-17(13)2/h3-8,10,16H,9H2,1-2H3/t10-/m0/s1. The highest BCUT2D eigenvalue weighted by Crippen LogP contribution is 2.13. The second kappa shape index (κ2) is 5.10. The molecule has 1 aromatic heterocycles. The molecule has 0 aliphatic carbocycles. The van der Waals surface area contributed by atoms with Crippen LogP contribution in [0.25, 0.3) is 0 Å². The minimum Gasteiger partial charge on any atom is -0.337 e. The van der Waals surface area contributed by atoms with Gasteiger partial charge in [0.05, 0.1) is 6.54 Å². The molecule has 0 fully saturated rings. The van der Waals surface area contributed by atoms with Gasteiger partial charge in [-0.25, -0.2) is 9.37 Å². The van der Waals surface area contributed by atoms with Gasteiger partial charge in [0.15, 0.2) is 0 Å². The molecule has 0 radical (unpaired) electrons. The summed E-state index contributed by atoms with van der Waals surface area (Å²) in [6, 6.07) is 6.75. The van der Waals surface area contributed by atoms with Crippen molar-refractivity contribution in [2.75, 3.05) is 0 Å². The third kappa shape index (κ3) is 2.91. The van der Waals surface area contributed by atoms with Crippen LogP contribution in [0, 0.1) is 5.82 Å². The third-order valence-corrected chi connectivity index (χ3v) is 2.84. The van der Waals surface area contributed by atoms with E-state index in [1.807, 2.05) is 30.8 Å².